The average molecular weight is 725 g/mol. The summed E-state index contributed by atoms with van der Waals surface area (Å²) in [5, 5.41) is 0. The van der Waals surface area contributed by atoms with Gasteiger partial charge in [0.1, 0.15) is 11.6 Å². The van der Waals surface area contributed by atoms with Crippen LogP contribution in [-0.4, -0.2) is 19.1 Å². The number of aromatic nitrogens is 4. The SMILES string of the molecule is Cn1c(-c2ccc(-c3ccc(N(c4ccc(-c5ccccc5)cc4)c4cccnc4)n3C)cc2)ccc1N(c1ccc(-c2ccccc2)cc1)c1cccnc1. The van der Waals surface area contributed by atoms with Gasteiger partial charge in [0.05, 0.1) is 23.8 Å². The molecule has 56 heavy (non-hydrogen) atoms. The quantitative estimate of drug-likeness (QED) is 0.141. The molecule has 0 saturated heterocycles. The molecule has 0 amide bonds. The summed E-state index contributed by atoms with van der Waals surface area (Å²) in [6, 6.07) is 64.2. The van der Waals surface area contributed by atoms with E-state index < -0.39 is 0 Å². The Balaban J connectivity index is 1.01. The summed E-state index contributed by atoms with van der Waals surface area (Å²) >= 11 is 0. The van der Waals surface area contributed by atoms with Gasteiger partial charge in [-0.1, -0.05) is 109 Å². The summed E-state index contributed by atoms with van der Waals surface area (Å²) in [5.74, 6) is 2.09. The Morgan fingerprint density at radius 3 is 1.04 bits per heavy atom. The molecule has 6 nitrogen and oxygen atoms in total. The average Bonchev–Trinajstić information content (AvgIpc) is 3.84. The molecule has 270 valence electrons. The van der Waals surface area contributed by atoms with Gasteiger partial charge >= 0.3 is 0 Å². The van der Waals surface area contributed by atoms with Crippen molar-refractivity contribution in [2.75, 3.05) is 9.80 Å². The maximum Gasteiger partial charge on any atom is 0.117 e. The maximum absolute atomic E-state index is 4.46. The number of rotatable bonds is 10. The molecule has 0 fully saturated rings. The van der Waals surface area contributed by atoms with Crippen LogP contribution in [-0.2, 0) is 14.1 Å². The van der Waals surface area contributed by atoms with E-state index in [1.54, 1.807) is 0 Å². The Morgan fingerprint density at radius 1 is 0.321 bits per heavy atom. The van der Waals surface area contributed by atoms with Gasteiger partial charge in [-0.3, -0.25) is 19.8 Å². The number of hydrogen-bond acceptors (Lipinski definition) is 4. The molecular weight excluding hydrogens is 685 g/mol. The predicted octanol–water partition coefficient (Wildman–Crippen LogP) is 12.8. The van der Waals surface area contributed by atoms with Crippen molar-refractivity contribution in [3.63, 3.8) is 0 Å². The summed E-state index contributed by atoms with van der Waals surface area (Å²) in [5.41, 5.74) is 13.4. The van der Waals surface area contributed by atoms with E-state index in [1.807, 2.05) is 49.1 Å². The molecule has 0 unspecified atom stereocenters. The van der Waals surface area contributed by atoms with Crippen molar-refractivity contribution < 1.29 is 0 Å². The number of pyridine rings is 2. The zero-order valence-electron chi connectivity index (χ0n) is 31.3. The summed E-state index contributed by atoms with van der Waals surface area (Å²) in [7, 11) is 4.26. The predicted molar refractivity (Wildman–Crippen MR) is 231 cm³/mol. The van der Waals surface area contributed by atoms with Crippen molar-refractivity contribution in [1.29, 1.82) is 0 Å². The van der Waals surface area contributed by atoms with Crippen LogP contribution >= 0.6 is 0 Å². The minimum Gasteiger partial charge on any atom is -0.330 e. The minimum atomic E-state index is 0.995. The second kappa shape index (κ2) is 15.1. The van der Waals surface area contributed by atoms with Gasteiger partial charge in [-0.05, 0) is 106 Å². The second-order valence-corrected chi connectivity index (χ2v) is 13.8. The van der Waals surface area contributed by atoms with Crippen LogP contribution < -0.4 is 9.80 Å². The van der Waals surface area contributed by atoms with Gasteiger partial charge in [0.15, 0.2) is 0 Å². The second-order valence-electron chi connectivity index (χ2n) is 13.8. The topological polar surface area (TPSA) is 42.1 Å². The van der Waals surface area contributed by atoms with Gasteiger partial charge in [0.25, 0.3) is 0 Å². The normalized spacial score (nSPS) is 11.0. The molecule has 9 rings (SSSR count). The van der Waals surface area contributed by atoms with Crippen LogP contribution in [0.25, 0.3) is 44.8 Å². The van der Waals surface area contributed by atoms with Gasteiger partial charge in [-0.2, -0.15) is 0 Å². The highest BCUT2D eigenvalue weighted by atomic mass is 15.3. The van der Waals surface area contributed by atoms with Crippen LogP contribution in [0.1, 0.15) is 0 Å². The highest BCUT2D eigenvalue weighted by Gasteiger charge is 2.20. The fourth-order valence-electron chi connectivity index (χ4n) is 7.51. The molecule has 0 bridgehead atoms. The number of benzene rings is 5. The molecular formula is C50H40N6. The lowest BCUT2D eigenvalue weighted by Gasteiger charge is -2.26. The van der Waals surface area contributed by atoms with Crippen LogP contribution in [0.5, 0.6) is 0 Å². The summed E-state index contributed by atoms with van der Waals surface area (Å²) in [6.45, 7) is 0. The number of nitrogens with zero attached hydrogens (tertiary/aromatic N) is 6. The van der Waals surface area contributed by atoms with Crippen LogP contribution in [0.3, 0.4) is 0 Å². The van der Waals surface area contributed by atoms with Crippen molar-refractivity contribution >= 4 is 34.4 Å². The van der Waals surface area contributed by atoms with Crippen molar-refractivity contribution in [2.45, 2.75) is 0 Å². The molecule has 4 heterocycles. The first-order valence-electron chi connectivity index (χ1n) is 18.8. The molecule has 0 N–H and O–H groups in total. The van der Waals surface area contributed by atoms with Gasteiger partial charge in [-0.15, -0.1) is 0 Å². The van der Waals surface area contributed by atoms with Crippen LogP contribution in [0.15, 0.2) is 207 Å². The Hall–Kier alpha value is -7.44. The van der Waals surface area contributed by atoms with Gasteiger partial charge in [-0.25, -0.2) is 0 Å². The van der Waals surface area contributed by atoms with Crippen LogP contribution in [0, 0.1) is 0 Å². The molecule has 0 spiro atoms. The molecule has 0 aliphatic rings. The fourth-order valence-corrected chi connectivity index (χ4v) is 7.51. The monoisotopic (exact) mass is 724 g/mol. The first kappa shape index (κ1) is 34.3. The Bertz CT molecular complexity index is 2480. The summed E-state index contributed by atoms with van der Waals surface area (Å²) in [4.78, 5) is 13.4. The first-order chi connectivity index (χ1) is 27.6. The van der Waals surface area contributed by atoms with Gasteiger partial charge in [0.2, 0.25) is 0 Å². The lowest BCUT2D eigenvalue weighted by atomic mass is 10.1. The molecule has 5 aromatic carbocycles. The van der Waals surface area contributed by atoms with E-state index in [4.69, 9.17) is 0 Å². The van der Waals surface area contributed by atoms with Crippen molar-refractivity contribution in [1.82, 2.24) is 19.1 Å². The molecule has 6 heteroatoms. The third-order valence-electron chi connectivity index (χ3n) is 10.4. The molecule has 0 aliphatic heterocycles. The number of hydrogen-bond donors (Lipinski definition) is 0. The molecule has 9 aromatic rings. The summed E-state index contributed by atoms with van der Waals surface area (Å²) < 4.78 is 4.51. The highest BCUT2D eigenvalue weighted by Crippen LogP contribution is 2.40. The largest absolute Gasteiger partial charge is 0.330 e. The van der Waals surface area contributed by atoms with E-state index in [2.05, 4.69) is 201 Å². The minimum absolute atomic E-state index is 0.995. The Labute approximate surface area is 327 Å². The van der Waals surface area contributed by atoms with Gasteiger partial charge in [0, 0.05) is 49.3 Å². The van der Waals surface area contributed by atoms with Crippen LogP contribution in [0.2, 0.25) is 0 Å². The lowest BCUT2D eigenvalue weighted by Crippen LogP contribution is -2.14. The van der Waals surface area contributed by atoms with Crippen molar-refractivity contribution in [3.05, 3.63) is 207 Å². The van der Waals surface area contributed by atoms with E-state index >= 15 is 0 Å². The molecule has 4 aromatic heterocycles. The fraction of sp³-hybridized carbons (Fsp3) is 0.0400. The molecule has 0 saturated carbocycles. The lowest BCUT2D eigenvalue weighted by molar-refractivity contribution is 0.918. The van der Waals surface area contributed by atoms with Crippen molar-refractivity contribution in [2.24, 2.45) is 14.1 Å². The third-order valence-corrected chi connectivity index (χ3v) is 10.4. The number of anilines is 6. The zero-order chi connectivity index (χ0) is 37.8. The van der Waals surface area contributed by atoms with E-state index in [0.29, 0.717) is 0 Å². The maximum atomic E-state index is 4.46. The highest BCUT2D eigenvalue weighted by molar-refractivity contribution is 5.81. The van der Waals surface area contributed by atoms with E-state index in [9.17, 15) is 0 Å². The zero-order valence-corrected chi connectivity index (χ0v) is 31.3. The molecule has 0 radical (unpaired) electrons. The Kier molecular flexibility index (Phi) is 9.27. The third kappa shape index (κ3) is 6.65. The standard InChI is InChI=1S/C50H40N6/c1-53-47(29-31-49(53)55(45-15-9-33-51-35-45)43-25-21-39(22-26-43)37-11-5-3-6-12-37)41-17-19-42(20-18-41)48-30-32-50(54(48)2)56(46-16-10-34-52-36-46)44-27-23-40(24-28-44)38-13-7-4-8-14-38/h3-36H,1-2H3. The van der Waals surface area contributed by atoms with Crippen molar-refractivity contribution in [3.8, 4) is 44.8 Å². The van der Waals surface area contributed by atoms with E-state index in [-0.39, 0.29) is 0 Å². The molecule has 0 atom stereocenters. The first-order valence-corrected chi connectivity index (χ1v) is 18.8. The van der Waals surface area contributed by atoms with E-state index in [0.717, 1.165) is 56.9 Å². The summed E-state index contributed by atoms with van der Waals surface area (Å²) in [6.07, 6.45) is 7.45. The van der Waals surface area contributed by atoms with Gasteiger partial charge < -0.3 is 9.13 Å². The van der Waals surface area contributed by atoms with E-state index in [1.165, 1.54) is 22.3 Å². The molecule has 0 aliphatic carbocycles. The van der Waals surface area contributed by atoms with Crippen LogP contribution in [0.4, 0.5) is 34.4 Å². The smallest absolute Gasteiger partial charge is 0.117 e. The Morgan fingerprint density at radius 2 is 0.679 bits per heavy atom.